The fourth-order valence-electron chi connectivity index (χ4n) is 4.43. The maximum Gasteiger partial charge on any atom is 0.252 e. The van der Waals surface area contributed by atoms with Gasteiger partial charge in [-0.1, -0.05) is 41.9 Å². The van der Waals surface area contributed by atoms with E-state index in [4.69, 9.17) is 11.6 Å². The van der Waals surface area contributed by atoms with Crippen molar-refractivity contribution >= 4 is 45.2 Å². The largest absolute Gasteiger partial charge is 0.507 e. The van der Waals surface area contributed by atoms with Crippen molar-refractivity contribution in [1.29, 1.82) is 0 Å². The van der Waals surface area contributed by atoms with Crippen LogP contribution in [0.1, 0.15) is 21.5 Å². The fourth-order valence-corrected chi connectivity index (χ4v) is 4.60. The molecule has 2 aromatic heterocycles. The molecule has 0 bridgehead atoms. The second kappa shape index (κ2) is 10.8. The monoisotopic (exact) mass is 542 g/mol. The summed E-state index contributed by atoms with van der Waals surface area (Å²) in [4.78, 5) is 55.7. The van der Waals surface area contributed by atoms with Gasteiger partial charge in [0.05, 0.1) is 5.52 Å². The number of hydrogen-bond acceptors (Lipinski definition) is 5. The van der Waals surface area contributed by atoms with Gasteiger partial charge in [0.1, 0.15) is 11.8 Å². The number of aromatic amines is 2. The minimum absolute atomic E-state index is 0.0396. The summed E-state index contributed by atoms with van der Waals surface area (Å²) in [6.07, 6.45) is 0.215. The van der Waals surface area contributed by atoms with Crippen LogP contribution in [0.25, 0.3) is 21.8 Å². The molecule has 10 heteroatoms. The van der Waals surface area contributed by atoms with E-state index in [1.54, 1.807) is 18.2 Å². The van der Waals surface area contributed by atoms with Gasteiger partial charge in [0.2, 0.25) is 11.5 Å². The van der Waals surface area contributed by atoms with Crippen molar-refractivity contribution in [2.75, 3.05) is 0 Å². The minimum atomic E-state index is -0.948. The van der Waals surface area contributed by atoms with Crippen LogP contribution in [0.15, 0.2) is 88.5 Å². The lowest BCUT2D eigenvalue weighted by atomic mass is 10.0. The summed E-state index contributed by atoms with van der Waals surface area (Å²) in [6.45, 7) is 0.0396. The number of H-pyrrole nitrogens is 2. The molecule has 3 aromatic carbocycles. The Morgan fingerprint density at radius 1 is 0.846 bits per heavy atom. The molecule has 1 atom stereocenters. The van der Waals surface area contributed by atoms with Gasteiger partial charge < -0.3 is 25.7 Å². The summed E-state index contributed by atoms with van der Waals surface area (Å²) < 4.78 is 0. The van der Waals surface area contributed by atoms with E-state index in [-0.39, 0.29) is 29.8 Å². The highest BCUT2D eigenvalue weighted by atomic mass is 35.5. The van der Waals surface area contributed by atoms with Crippen LogP contribution in [0.4, 0.5) is 0 Å². The van der Waals surface area contributed by atoms with Crippen LogP contribution in [0.2, 0.25) is 5.02 Å². The normalized spacial score (nSPS) is 11.8. The third-order valence-corrected chi connectivity index (χ3v) is 6.57. The second-order valence-corrected chi connectivity index (χ2v) is 9.50. The Balaban J connectivity index is 1.40. The number of nitrogens with one attached hydrogen (secondary N) is 4. The van der Waals surface area contributed by atoms with Gasteiger partial charge in [-0.2, -0.15) is 0 Å². The van der Waals surface area contributed by atoms with E-state index in [2.05, 4.69) is 20.6 Å². The van der Waals surface area contributed by atoms with Crippen LogP contribution >= 0.6 is 11.6 Å². The number of halogens is 1. The first-order valence-electron chi connectivity index (χ1n) is 12.1. The van der Waals surface area contributed by atoms with Gasteiger partial charge in [-0.05, 0) is 47.5 Å². The Morgan fingerprint density at radius 2 is 1.54 bits per heavy atom. The van der Waals surface area contributed by atoms with Crippen LogP contribution in [-0.2, 0) is 17.8 Å². The maximum absolute atomic E-state index is 13.4. The molecule has 2 amide bonds. The van der Waals surface area contributed by atoms with Gasteiger partial charge in [-0.25, -0.2) is 0 Å². The van der Waals surface area contributed by atoms with Gasteiger partial charge in [-0.15, -0.1) is 0 Å². The Hall–Kier alpha value is -4.89. The first-order valence-corrected chi connectivity index (χ1v) is 12.4. The molecule has 0 saturated carbocycles. The molecule has 0 spiro atoms. The summed E-state index contributed by atoms with van der Waals surface area (Å²) in [5.74, 6) is -1.24. The molecule has 39 heavy (non-hydrogen) atoms. The number of rotatable bonds is 7. The Bertz CT molecular complexity index is 1830. The number of amides is 2. The van der Waals surface area contributed by atoms with E-state index >= 15 is 0 Å². The van der Waals surface area contributed by atoms with Crippen LogP contribution in [0.3, 0.4) is 0 Å². The number of aromatic nitrogens is 2. The molecule has 196 valence electrons. The Kier molecular flexibility index (Phi) is 7.16. The van der Waals surface area contributed by atoms with Crippen LogP contribution in [0.5, 0.6) is 5.75 Å². The van der Waals surface area contributed by atoms with Crippen LogP contribution < -0.4 is 21.8 Å². The van der Waals surface area contributed by atoms with E-state index < -0.39 is 23.4 Å². The molecule has 1 unspecified atom stereocenters. The average Bonchev–Trinajstić information content (AvgIpc) is 2.91. The third kappa shape index (κ3) is 5.83. The Labute approximate surface area is 226 Å². The van der Waals surface area contributed by atoms with Crippen molar-refractivity contribution in [1.82, 2.24) is 20.6 Å². The quantitative estimate of drug-likeness (QED) is 0.214. The van der Waals surface area contributed by atoms with Crippen LogP contribution in [0, 0.1) is 0 Å². The maximum atomic E-state index is 13.4. The number of carbonyl (C=O) groups excluding carboxylic acids is 2. The number of hydrogen-bond donors (Lipinski definition) is 5. The van der Waals surface area contributed by atoms with Gasteiger partial charge >= 0.3 is 0 Å². The molecule has 5 aromatic rings. The van der Waals surface area contributed by atoms with Gasteiger partial charge in [0, 0.05) is 52.0 Å². The smallest absolute Gasteiger partial charge is 0.252 e. The number of pyridine rings is 2. The Morgan fingerprint density at radius 3 is 2.31 bits per heavy atom. The van der Waals surface area contributed by atoms with E-state index in [0.717, 1.165) is 11.6 Å². The molecule has 0 aliphatic carbocycles. The SMILES string of the molecule is O=C(NC(Cc1ccccc1)C(=O)NCc1cc(=O)[nH]c2ccc(Cl)cc12)c1ccc2[nH]c(=O)cc(O)c2c1. The summed E-state index contributed by atoms with van der Waals surface area (Å²) >= 11 is 6.14. The summed E-state index contributed by atoms with van der Waals surface area (Å²) in [7, 11) is 0. The van der Waals surface area contributed by atoms with Crippen molar-refractivity contribution in [2.24, 2.45) is 0 Å². The summed E-state index contributed by atoms with van der Waals surface area (Å²) in [5.41, 5.74) is 1.79. The zero-order valence-electron chi connectivity index (χ0n) is 20.5. The highest BCUT2D eigenvalue weighted by Crippen LogP contribution is 2.22. The molecule has 9 nitrogen and oxygen atoms in total. The van der Waals surface area contributed by atoms with Crippen LogP contribution in [-0.4, -0.2) is 32.9 Å². The fraction of sp³-hybridized carbons (Fsp3) is 0.103. The van der Waals surface area contributed by atoms with Crippen molar-refractivity contribution in [3.63, 3.8) is 0 Å². The van der Waals surface area contributed by atoms with E-state index in [1.807, 2.05) is 30.3 Å². The zero-order chi connectivity index (χ0) is 27.5. The predicted molar refractivity (Wildman–Crippen MR) is 149 cm³/mol. The molecule has 0 fully saturated rings. The molecule has 0 saturated heterocycles. The molecule has 2 heterocycles. The number of fused-ring (bicyclic) bond motifs is 2. The summed E-state index contributed by atoms with van der Waals surface area (Å²) in [6, 6.07) is 20.2. The predicted octanol–water partition coefficient (Wildman–Crippen LogP) is 3.39. The number of aromatic hydroxyl groups is 1. The average molecular weight is 543 g/mol. The molecular formula is C29H23ClN4O5. The van der Waals surface area contributed by atoms with Gasteiger partial charge in [-0.3, -0.25) is 19.2 Å². The molecule has 0 aliphatic heterocycles. The molecule has 0 radical (unpaired) electrons. The molecular weight excluding hydrogens is 520 g/mol. The first-order chi connectivity index (χ1) is 18.8. The highest BCUT2D eigenvalue weighted by molar-refractivity contribution is 6.31. The van der Waals surface area contributed by atoms with E-state index in [0.29, 0.717) is 32.4 Å². The lowest BCUT2D eigenvalue weighted by molar-refractivity contribution is -0.123. The molecule has 0 aliphatic rings. The first kappa shape index (κ1) is 25.7. The van der Waals surface area contributed by atoms with E-state index in [1.165, 1.54) is 24.3 Å². The molecule has 5 N–H and O–H groups in total. The minimum Gasteiger partial charge on any atom is -0.507 e. The second-order valence-electron chi connectivity index (χ2n) is 9.06. The lowest BCUT2D eigenvalue weighted by Crippen LogP contribution is -2.47. The standard InChI is InChI=1S/C29H23ClN4O5/c30-19-7-9-22-20(13-19)18(12-26(36)32-22)15-31-29(39)24(10-16-4-2-1-3-5-16)34-28(38)17-6-8-23-21(11-17)25(35)14-27(37)33-23/h1-9,11-14,24H,10,15H2,(H,31,39)(H,32,36)(H,34,38)(H2,33,35,37). The van der Waals surface area contributed by atoms with E-state index in [9.17, 15) is 24.3 Å². The third-order valence-electron chi connectivity index (χ3n) is 6.33. The lowest BCUT2D eigenvalue weighted by Gasteiger charge is -2.19. The van der Waals surface area contributed by atoms with Crippen molar-refractivity contribution in [3.8, 4) is 5.75 Å². The topological polar surface area (TPSA) is 144 Å². The van der Waals surface area contributed by atoms with Crippen molar-refractivity contribution < 1.29 is 14.7 Å². The number of carbonyl (C=O) groups is 2. The molecule has 5 rings (SSSR count). The van der Waals surface area contributed by atoms with Gasteiger partial charge in [0.15, 0.2) is 0 Å². The van der Waals surface area contributed by atoms with Gasteiger partial charge in [0.25, 0.3) is 11.5 Å². The van der Waals surface area contributed by atoms with Crippen molar-refractivity contribution in [2.45, 2.75) is 19.0 Å². The van der Waals surface area contributed by atoms with Crippen molar-refractivity contribution in [3.05, 3.63) is 121 Å². The number of benzene rings is 3. The zero-order valence-corrected chi connectivity index (χ0v) is 21.2. The summed E-state index contributed by atoms with van der Waals surface area (Å²) in [5, 5.41) is 17.3. The highest BCUT2D eigenvalue weighted by Gasteiger charge is 2.23.